The van der Waals surface area contributed by atoms with Crippen LogP contribution in [0.4, 0.5) is 5.95 Å². The van der Waals surface area contributed by atoms with Crippen LogP contribution >= 0.6 is 0 Å². The van der Waals surface area contributed by atoms with Crippen LogP contribution in [0.25, 0.3) is 0 Å². The van der Waals surface area contributed by atoms with Crippen molar-refractivity contribution in [2.75, 3.05) is 40.9 Å². The number of imidazole rings is 1. The van der Waals surface area contributed by atoms with Gasteiger partial charge in [0.1, 0.15) is 17.2 Å². The highest BCUT2D eigenvalue weighted by Gasteiger charge is 2.20. The minimum Gasteiger partial charge on any atom is -0.497 e. The van der Waals surface area contributed by atoms with Crippen LogP contribution < -0.4 is 29.0 Å². The molecule has 1 heterocycles. The average Bonchev–Trinajstić information content (AvgIpc) is 3.25. The highest BCUT2D eigenvalue weighted by Crippen LogP contribution is 2.30. The van der Waals surface area contributed by atoms with Gasteiger partial charge in [-0.3, -0.25) is 10.1 Å². The van der Waals surface area contributed by atoms with Gasteiger partial charge in [0.2, 0.25) is 5.95 Å². The highest BCUT2D eigenvalue weighted by atomic mass is 16.5. The van der Waals surface area contributed by atoms with Gasteiger partial charge in [-0.25, -0.2) is 4.98 Å². The molecule has 9 nitrogen and oxygen atoms in total. The maximum absolute atomic E-state index is 13.2. The zero-order valence-corrected chi connectivity index (χ0v) is 23.0. The highest BCUT2D eigenvalue weighted by molar-refractivity contribution is 6.04. The van der Waals surface area contributed by atoms with E-state index >= 15 is 0 Å². The molecule has 4 aromatic rings. The third kappa shape index (κ3) is 6.26. The number of hydrogen-bond acceptors (Lipinski definition) is 7. The first-order chi connectivity index (χ1) is 18.9. The number of nitrogens with one attached hydrogen (secondary N) is 1. The molecule has 39 heavy (non-hydrogen) atoms. The SMILES string of the molecule is COc1ccc(Cc2nc(NC(=O)c3cc(OC)cc(OC)c3)n(C)c2Cc2ccc(OC)c(OC)c2)cc1. The second kappa shape index (κ2) is 12.3. The number of anilines is 1. The maximum atomic E-state index is 13.2. The second-order valence-corrected chi connectivity index (χ2v) is 8.83. The molecule has 3 aromatic carbocycles. The Morgan fingerprint density at radius 2 is 1.33 bits per heavy atom. The van der Waals surface area contributed by atoms with E-state index in [1.807, 2.05) is 54.1 Å². The van der Waals surface area contributed by atoms with Crippen LogP contribution in [0, 0.1) is 0 Å². The van der Waals surface area contributed by atoms with E-state index in [9.17, 15) is 4.79 Å². The standard InChI is InChI=1S/C30H33N3O6/c1-33-26(14-20-9-12-27(38-5)28(15-20)39-6)25(13-19-7-10-22(35-2)11-8-19)31-30(33)32-29(34)21-16-23(36-3)18-24(17-21)37-4/h7-12,15-18H,13-14H2,1-6H3,(H,31,32,34). The Hall–Kier alpha value is -4.66. The Morgan fingerprint density at radius 1 is 0.718 bits per heavy atom. The first-order valence-electron chi connectivity index (χ1n) is 12.3. The van der Waals surface area contributed by atoms with Gasteiger partial charge in [0.05, 0.1) is 41.2 Å². The molecule has 0 radical (unpaired) electrons. The van der Waals surface area contributed by atoms with Crippen molar-refractivity contribution in [3.63, 3.8) is 0 Å². The lowest BCUT2D eigenvalue weighted by Gasteiger charge is -2.12. The molecule has 0 saturated carbocycles. The monoisotopic (exact) mass is 531 g/mol. The van der Waals surface area contributed by atoms with Gasteiger partial charge < -0.3 is 28.3 Å². The summed E-state index contributed by atoms with van der Waals surface area (Å²) >= 11 is 0. The normalized spacial score (nSPS) is 10.6. The molecule has 1 N–H and O–H groups in total. The van der Waals surface area contributed by atoms with Crippen molar-refractivity contribution in [1.29, 1.82) is 0 Å². The van der Waals surface area contributed by atoms with Gasteiger partial charge in [-0.15, -0.1) is 0 Å². The van der Waals surface area contributed by atoms with Crippen molar-refractivity contribution in [3.8, 4) is 28.7 Å². The van der Waals surface area contributed by atoms with Gasteiger partial charge in [0.25, 0.3) is 5.91 Å². The lowest BCUT2D eigenvalue weighted by Crippen LogP contribution is -2.16. The number of rotatable bonds is 11. The fourth-order valence-corrected chi connectivity index (χ4v) is 4.30. The van der Waals surface area contributed by atoms with E-state index in [4.69, 9.17) is 28.7 Å². The van der Waals surface area contributed by atoms with E-state index in [-0.39, 0.29) is 5.91 Å². The molecule has 0 aliphatic carbocycles. The summed E-state index contributed by atoms with van der Waals surface area (Å²) in [6.45, 7) is 0. The zero-order chi connectivity index (χ0) is 27.9. The number of amides is 1. The van der Waals surface area contributed by atoms with Gasteiger partial charge in [0.15, 0.2) is 11.5 Å². The third-order valence-electron chi connectivity index (χ3n) is 6.49. The van der Waals surface area contributed by atoms with Crippen LogP contribution in [0.3, 0.4) is 0 Å². The van der Waals surface area contributed by atoms with Crippen molar-refractivity contribution in [1.82, 2.24) is 9.55 Å². The molecule has 0 atom stereocenters. The Labute approximate surface area is 228 Å². The summed E-state index contributed by atoms with van der Waals surface area (Å²) in [5.41, 5.74) is 4.28. The Balaban J connectivity index is 1.69. The first kappa shape index (κ1) is 27.4. The summed E-state index contributed by atoms with van der Waals surface area (Å²) in [7, 11) is 9.84. The Morgan fingerprint density at radius 3 is 1.92 bits per heavy atom. The molecule has 0 unspecified atom stereocenters. The molecular formula is C30H33N3O6. The zero-order valence-electron chi connectivity index (χ0n) is 23.0. The quantitative estimate of drug-likeness (QED) is 0.294. The van der Waals surface area contributed by atoms with E-state index in [2.05, 4.69) is 5.32 Å². The van der Waals surface area contributed by atoms with Crippen LogP contribution in [0.2, 0.25) is 0 Å². The van der Waals surface area contributed by atoms with Crippen LogP contribution in [0.1, 0.15) is 32.9 Å². The van der Waals surface area contributed by atoms with Crippen LogP contribution in [0.15, 0.2) is 60.7 Å². The molecule has 0 aliphatic heterocycles. The van der Waals surface area contributed by atoms with E-state index in [0.29, 0.717) is 47.4 Å². The predicted octanol–water partition coefficient (Wildman–Crippen LogP) is 4.90. The van der Waals surface area contributed by atoms with E-state index in [1.165, 1.54) is 0 Å². The molecule has 0 saturated heterocycles. The summed E-state index contributed by atoms with van der Waals surface area (Å²) in [5.74, 6) is 3.24. The van der Waals surface area contributed by atoms with Gasteiger partial charge in [0, 0.05) is 37.2 Å². The summed E-state index contributed by atoms with van der Waals surface area (Å²) in [6, 6.07) is 18.7. The second-order valence-electron chi connectivity index (χ2n) is 8.83. The summed E-state index contributed by atoms with van der Waals surface area (Å²) < 4.78 is 28.7. The van der Waals surface area contributed by atoms with Gasteiger partial charge >= 0.3 is 0 Å². The number of aromatic nitrogens is 2. The lowest BCUT2D eigenvalue weighted by atomic mass is 10.0. The molecule has 1 amide bonds. The molecule has 0 spiro atoms. The van der Waals surface area contributed by atoms with Crippen LogP contribution in [0.5, 0.6) is 28.7 Å². The predicted molar refractivity (Wildman–Crippen MR) is 149 cm³/mol. The van der Waals surface area contributed by atoms with Crippen LogP contribution in [-0.4, -0.2) is 51.0 Å². The number of ether oxygens (including phenoxy) is 5. The lowest BCUT2D eigenvalue weighted by molar-refractivity contribution is 0.102. The number of nitrogens with zero attached hydrogens (tertiary/aromatic N) is 2. The Kier molecular flexibility index (Phi) is 8.60. The Bertz CT molecular complexity index is 1420. The molecule has 9 heteroatoms. The first-order valence-corrected chi connectivity index (χ1v) is 12.3. The number of benzene rings is 3. The van der Waals surface area contributed by atoms with E-state index in [0.717, 1.165) is 28.3 Å². The van der Waals surface area contributed by atoms with E-state index < -0.39 is 0 Å². The van der Waals surface area contributed by atoms with Crippen molar-refractivity contribution in [2.24, 2.45) is 7.05 Å². The average molecular weight is 532 g/mol. The van der Waals surface area contributed by atoms with Crippen molar-refractivity contribution >= 4 is 11.9 Å². The molecular weight excluding hydrogens is 498 g/mol. The summed E-state index contributed by atoms with van der Waals surface area (Å²) in [5, 5.41) is 2.96. The summed E-state index contributed by atoms with van der Waals surface area (Å²) in [6.07, 6.45) is 1.14. The van der Waals surface area contributed by atoms with Crippen molar-refractivity contribution in [3.05, 3.63) is 88.7 Å². The topological polar surface area (TPSA) is 93.1 Å². The van der Waals surface area contributed by atoms with Gasteiger partial charge in [-0.2, -0.15) is 0 Å². The largest absolute Gasteiger partial charge is 0.497 e. The molecule has 4 rings (SSSR count). The smallest absolute Gasteiger partial charge is 0.258 e. The van der Waals surface area contributed by atoms with Crippen molar-refractivity contribution < 1.29 is 28.5 Å². The minimum atomic E-state index is -0.325. The van der Waals surface area contributed by atoms with Gasteiger partial charge in [-0.05, 0) is 47.5 Å². The molecule has 0 fully saturated rings. The number of carbonyl (C=O) groups excluding carboxylic acids is 1. The molecule has 1 aromatic heterocycles. The summed E-state index contributed by atoms with van der Waals surface area (Å²) in [4.78, 5) is 18.1. The number of hydrogen-bond donors (Lipinski definition) is 1. The van der Waals surface area contributed by atoms with Crippen LogP contribution in [-0.2, 0) is 19.9 Å². The fourth-order valence-electron chi connectivity index (χ4n) is 4.30. The molecule has 0 aliphatic rings. The van der Waals surface area contributed by atoms with Gasteiger partial charge in [-0.1, -0.05) is 18.2 Å². The number of carbonyl (C=O) groups is 1. The number of methoxy groups -OCH3 is 5. The molecule has 204 valence electrons. The fraction of sp³-hybridized carbons (Fsp3) is 0.267. The molecule has 0 bridgehead atoms. The van der Waals surface area contributed by atoms with E-state index in [1.54, 1.807) is 53.7 Å². The minimum absolute atomic E-state index is 0.325. The third-order valence-corrected chi connectivity index (χ3v) is 6.49. The van der Waals surface area contributed by atoms with Crippen molar-refractivity contribution in [2.45, 2.75) is 12.8 Å². The maximum Gasteiger partial charge on any atom is 0.258 e.